The maximum absolute atomic E-state index is 5.25. The number of ether oxygens (including phenoxy) is 1. The summed E-state index contributed by atoms with van der Waals surface area (Å²) in [6.07, 6.45) is 3.33. The van der Waals surface area contributed by atoms with E-state index in [1.807, 2.05) is 13.0 Å². The fourth-order valence-electron chi connectivity index (χ4n) is 2.16. The highest BCUT2D eigenvalue weighted by Gasteiger charge is 2.17. The Morgan fingerprint density at radius 3 is 3.00 bits per heavy atom. The van der Waals surface area contributed by atoms with Gasteiger partial charge < -0.3 is 10.1 Å². The zero-order valence-electron chi connectivity index (χ0n) is 9.84. The molecule has 1 aromatic carbocycles. The SMILES string of the molecule is CC#CNC1CCc2ccc(OC)cc2C1. The topological polar surface area (TPSA) is 21.3 Å². The second-order valence-electron chi connectivity index (χ2n) is 4.09. The summed E-state index contributed by atoms with van der Waals surface area (Å²) in [5.74, 6) is 3.82. The average Bonchev–Trinajstić information content (AvgIpc) is 2.35. The molecule has 0 heterocycles. The zero-order valence-corrected chi connectivity index (χ0v) is 9.84. The van der Waals surface area contributed by atoms with Gasteiger partial charge in [-0.25, -0.2) is 0 Å². The largest absolute Gasteiger partial charge is 0.497 e. The van der Waals surface area contributed by atoms with Gasteiger partial charge in [0.1, 0.15) is 5.75 Å². The quantitative estimate of drug-likeness (QED) is 0.602. The lowest BCUT2D eigenvalue weighted by atomic mass is 9.88. The molecule has 1 aliphatic carbocycles. The van der Waals surface area contributed by atoms with Crippen molar-refractivity contribution < 1.29 is 4.74 Å². The Labute approximate surface area is 97.0 Å². The van der Waals surface area contributed by atoms with E-state index in [1.165, 1.54) is 11.1 Å². The first-order valence-electron chi connectivity index (χ1n) is 5.66. The summed E-state index contributed by atoms with van der Waals surface area (Å²) in [6, 6.07) is 9.78. The summed E-state index contributed by atoms with van der Waals surface area (Å²) in [4.78, 5) is 0. The number of rotatable bonds is 2. The second kappa shape index (κ2) is 4.94. The first-order valence-corrected chi connectivity index (χ1v) is 5.66. The molecule has 84 valence electrons. The first kappa shape index (κ1) is 10.9. The van der Waals surface area contributed by atoms with E-state index < -0.39 is 0 Å². The molecule has 0 radical (unpaired) electrons. The predicted molar refractivity (Wildman–Crippen MR) is 65.4 cm³/mol. The van der Waals surface area contributed by atoms with E-state index in [9.17, 15) is 0 Å². The van der Waals surface area contributed by atoms with Gasteiger partial charge in [-0.3, -0.25) is 0 Å². The Morgan fingerprint density at radius 2 is 2.25 bits per heavy atom. The van der Waals surface area contributed by atoms with Crippen molar-refractivity contribution >= 4 is 0 Å². The van der Waals surface area contributed by atoms with Crippen LogP contribution in [0, 0.1) is 12.0 Å². The minimum atomic E-state index is 0.479. The van der Waals surface area contributed by atoms with Crippen LogP contribution in [0.1, 0.15) is 24.5 Å². The number of hydrogen-bond donors (Lipinski definition) is 1. The molecule has 2 rings (SSSR count). The van der Waals surface area contributed by atoms with Crippen molar-refractivity contribution in [2.45, 2.75) is 32.2 Å². The second-order valence-corrected chi connectivity index (χ2v) is 4.09. The molecule has 0 saturated heterocycles. The van der Waals surface area contributed by atoms with E-state index in [0.717, 1.165) is 25.0 Å². The lowest BCUT2D eigenvalue weighted by molar-refractivity contribution is 0.412. The van der Waals surface area contributed by atoms with Crippen molar-refractivity contribution in [1.82, 2.24) is 5.32 Å². The van der Waals surface area contributed by atoms with Gasteiger partial charge in [-0.1, -0.05) is 12.0 Å². The molecule has 0 aliphatic heterocycles. The van der Waals surface area contributed by atoms with Crippen molar-refractivity contribution in [3.8, 4) is 17.7 Å². The number of hydrogen-bond acceptors (Lipinski definition) is 2. The van der Waals surface area contributed by atoms with Crippen LogP contribution in [-0.4, -0.2) is 13.2 Å². The zero-order chi connectivity index (χ0) is 11.4. The third kappa shape index (κ3) is 2.30. The monoisotopic (exact) mass is 215 g/mol. The van der Waals surface area contributed by atoms with Crippen LogP contribution in [0.3, 0.4) is 0 Å². The maximum atomic E-state index is 5.25. The molecular weight excluding hydrogens is 198 g/mol. The normalized spacial score (nSPS) is 18.0. The summed E-state index contributed by atoms with van der Waals surface area (Å²) < 4.78 is 5.25. The fourth-order valence-corrected chi connectivity index (χ4v) is 2.16. The molecule has 2 nitrogen and oxygen atoms in total. The van der Waals surface area contributed by atoms with Gasteiger partial charge >= 0.3 is 0 Å². The molecule has 0 aromatic heterocycles. The van der Waals surface area contributed by atoms with Crippen molar-refractivity contribution in [3.05, 3.63) is 29.3 Å². The lowest BCUT2D eigenvalue weighted by Gasteiger charge is -2.24. The number of methoxy groups -OCH3 is 1. The standard InChI is InChI=1S/C14H17NO/c1-3-8-15-13-6-4-11-5-7-14(16-2)10-12(11)9-13/h5,7,10,13,15H,4,6,9H2,1-2H3. The van der Waals surface area contributed by atoms with Gasteiger partial charge in [0.05, 0.1) is 7.11 Å². The smallest absolute Gasteiger partial charge is 0.119 e. The third-order valence-corrected chi connectivity index (χ3v) is 3.04. The average molecular weight is 215 g/mol. The highest BCUT2D eigenvalue weighted by Crippen LogP contribution is 2.25. The van der Waals surface area contributed by atoms with E-state index in [2.05, 4.69) is 29.4 Å². The van der Waals surface area contributed by atoms with Crippen LogP contribution in [0.4, 0.5) is 0 Å². The van der Waals surface area contributed by atoms with Crippen molar-refractivity contribution in [3.63, 3.8) is 0 Å². The maximum Gasteiger partial charge on any atom is 0.119 e. The highest BCUT2D eigenvalue weighted by atomic mass is 16.5. The van der Waals surface area contributed by atoms with Crippen LogP contribution < -0.4 is 10.1 Å². The molecule has 1 aliphatic rings. The van der Waals surface area contributed by atoms with Crippen molar-refractivity contribution in [1.29, 1.82) is 0 Å². The minimum absolute atomic E-state index is 0.479. The van der Waals surface area contributed by atoms with Gasteiger partial charge in [-0.15, -0.1) is 0 Å². The van der Waals surface area contributed by atoms with Gasteiger partial charge in [0.15, 0.2) is 0 Å². The Balaban J connectivity index is 2.13. The summed E-state index contributed by atoms with van der Waals surface area (Å²) >= 11 is 0. The molecule has 0 saturated carbocycles. The summed E-state index contributed by atoms with van der Waals surface area (Å²) in [6.45, 7) is 1.85. The Morgan fingerprint density at radius 1 is 1.38 bits per heavy atom. The molecule has 0 bridgehead atoms. The van der Waals surface area contributed by atoms with Gasteiger partial charge in [-0.2, -0.15) is 0 Å². The van der Waals surface area contributed by atoms with Gasteiger partial charge in [0.25, 0.3) is 0 Å². The van der Waals surface area contributed by atoms with E-state index in [-0.39, 0.29) is 0 Å². The summed E-state index contributed by atoms with van der Waals surface area (Å²) in [5, 5.41) is 3.25. The summed E-state index contributed by atoms with van der Waals surface area (Å²) in [7, 11) is 1.71. The molecule has 16 heavy (non-hydrogen) atoms. The van der Waals surface area contributed by atoms with Crippen molar-refractivity contribution in [2.75, 3.05) is 7.11 Å². The molecule has 0 fully saturated rings. The van der Waals surface area contributed by atoms with Crippen LogP contribution in [0.25, 0.3) is 0 Å². The Bertz CT molecular complexity index is 428. The van der Waals surface area contributed by atoms with Crippen LogP contribution in [0.2, 0.25) is 0 Å². The number of nitrogens with one attached hydrogen (secondary N) is 1. The molecule has 1 unspecified atom stereocenters. The molecule has 0 amide bonds. The van der Waals surface area contributed by atoms with Crippen LogP contribution in [0.15, 0.2) is 18.2 Å². The first-order chi connectivity index (χ1) is 7.83. The molecular formula is C14H17NO. The molecule has 1 atom stereocenters. The molecule has 2 heteroatoms. The van der Waals surface area contributed by atoms with E-state index >= 15 is 0 Å². The Hall–Kier alpha value is -1.62. The van der Waals surface area contributed by atoms with Gasteiger partial charge in [-0.05, 0) is 49.4 Å². The predicted octanol–water partition coefficient (Wildman–Crippen LogP) is 2.12. The Kier molecular flexibility index (Phi) is 3.36. The van der Waals surface area contributed by atoms with Crippen LogP contribution >= 0.6 is 0 Å². The van der Waals surface area contributed by atoms with Crippen LogP contribution in [-0.2, 0) is 12.8 Å². The minimum Gasteiger partial charge on any atom is -0.497 e. The number of fused-ring (bicyclic) bond motifs is 1. The molecule has 1 aromatic rings. The van der Waals surface area contributed by atoms with Crippen LogP contribution in [0.5, 0.6) is 5.75 Å². The van der Waals surface area contributed by atoms with Crippen molar-refractivity contribution in [2.24, 2.45) is 0 Å². The molecule has 0 spiro atoms. The van der Waals surface area contributed by atoms with E-state index in [1.54, 1.807) is 7.11 Å². The molecule has 1 N–H and O–H groups in total. The fraction of sp³-hybridized carbons (Fsp3) is 0.429. The number of aryl methyl sites for hydroxylation is 1. The number of benzene rings is 1. The van der Waals surface area contributed by atoms with Gasteiger partial charge in [0.2, 0.25) is 0 Å². The van der Waals surface area contributed by atoms with E-state index in [0.29, 0.717) is 6.04 Å². The van der Waals surface area contributed by atoms with Gasteiger partial charge in [0, 0.05) is 12.1 Å². The third-order valence-electron chi connectivity index (χ3n) is 3.04. The van der Waals surface area contributed by atoms with E-state index in [4.69, 9.17) is 4.74 Å². The summed E-state index contributed by atoms with van der Waals surface area (Å²) in [5.41, 5.74) is 2.84. The highest BCUT2D eigenvalue weighted by molar-refractivity contribution is 5.38. The lowest BCUT2D eigenvalue weighted by Crippen LogP contribution is -2.31.